The maximum absolute atomic E-state index is 14.2. The number of ether oxygens (including phenoxy) is 3. The summed E-state index contributed by atoms with van der Waals surface area (Å²) in [6.07, 6.45) is -1.06. The van der Waals surface area contributed by atoms with Crippen LogP contribution >= 0.6 is 11.6 Å². The molecule has 1 heterocycles. The highest BCUT2D eigenvalue weighted by atomic mass is 35.5. The van der Waals surface area contributed by atoms with Crippen molar-refractivity contribution >= 4 is 11.6 Å². The molecule has 4 atom stereocenters. The minimum Gasteiger partial charge on any atom is -0.496 e. The molecule has 1 fully saturated rings. The number of hydrogen-bond acceptors (Lipinski definition) is 5. The van der Waals surface area contributed by atoms with E-state index in [1.807, 2.05) is 0 Å². The quantitative estimate of drug-likeness (QED) is 0.604. The minimum absolute atomic E-state index is 0.150. The van der Waals surface area contributed by atoms with Crippen molar-refractivity contribution in [3.8, 4) is 17.2 Å². The molecule has 1 aliphatic heterocycles. The average Bonchev–Trinajstić information content (AvgIpc) is 3.19. The summed E-state index contributed by atoms with van der Waals surface area (Å²) >= 11 is 6.13. The maximum Gasteiger partial charge on any atom is 0.176 e. The maximum atomic E-state index is 14.2. The van der Waals surface area contributed by atoms with Crippen molar-refractivity contribution in [1.82, 2.24) is 0 Å². The minimum atomic E-state index is -1.87. The van der Waals surface area contributed by atoms with Crippen LogP contribution in [0.5, 0.6) is 17.2 Å². The molecule has 5 nitrogen and oxygen atoms in total. The fraction of sp³-hybridized carbons (Fsp3) is 0.280. The molecule has 4 unspecified atom stereocenters. The van der Waals surface area contributed by atoms with Crippen molar-refractivity contribution < 1.29 is 28.8 Å². The molecule has 0 radical (unpaired) electrons. The number of benzene rings is 3. The normalized spacial score (nSPS) is 28.1. The predicted octanol–water partition coefficient (Wildman–Crippen LogP) is 4.52. The Bertz CT molecular complexity index is 1180. The summed E-state index contributed by atoms with van der Waals surface area (Å²) in [5.41, 5.74) is -1.78. The van der Waals surface area contributed by atoms with Gasteiger partial charge < -0.3 is 24.4 Å². The number of methoxy groups -OCH3 is 2. The van der Waals surface area contributed by atoms with Crippen molar-refractivity contribution in [2.75, 3.05) is 14.2 Å². The van der Waals surface area contributed by atoms with Gasteiger partial charge in [0.05, 0.1) is 25.9 Å². The number of halogens is 2. The Morgan fingerprint density at radius 3 is 2.47 bits per heavy atom. The SMILES string of the molecule is COc1cc(OC)c2c(c1)OC1(c3ccc(Cl)cc3)C(c3cccc(F)c3)CC(O)C21O. The van der Waals surface area contributed by atoms with Crippen LogP contribution in [0.15, 0.2) is 60.7 Å². The third-order valence-corrected chi connectivity index (χ3v) is 6.92. The molecule has 32 heavy (non-hydrogen) atoms. The number of rotatable bonds is 4. The van der Waals surface area contributed by atoms with E-state index >= 15 is 0 Å². The molecule has 166 valence electrons. The zero-order valence-corrected chi connectivity index (χ0v) is 18.3. The first-order chi connectivity index (χ1) is 15.3. The summed E-state index contributed by atoms with van der Waals surface area (Å²) < 4.78 is 31.7. The van der Waals surface area contributed by atoms with Crippen LogP contribution in [0.2, 0.25) is 5.02 Å². The van der Waals surface area contributed by atoms with E-state index in [-0.39, 0.29) is 6.42 Å². The van der Waals surface area contributed by atoms with E-state index in [0.717, 1.165) is 0 Å². The molecular formula is C25H22ClFO5. The monoisotopic (exact) mass is 456 g/mol. The summed E-state index contributed by atoms with van der Waals surface area (Å²) in [5, 5.41) is 24.1. The molecule has 3 aromatic rings. The Balaban J connectivity index is 1.82. The fourth-order valence-corrected chi connectivity index (χ4v) is 5.45. The highest BCUT2D eigenvalue weighted by Gasteiger charge is 2.73. The predicted molar refractivity (Wildman–Crippen MR) is 117 cm³/mol. The van der Waals surface area contributed by atoms with Crippen LogP contribution in [0.4, 0.5) is 4.39 Å². The van der Waals surface area contributed by atoms with Crippen molar-refractivity contribution in [1.29, 1.82) is 0 Å². The van der Waals surface area contributed by atoms with Crippen LogP contribution in [0.3, 0.4) is 0 Å². The smallest absolute Gasteiger partial charge is 0.176 e. The molecular weight excluding hydrogens is 435 g/mol. The van der Waals surface area contributed by atoms with E-state index in [1.165, 1.54) is 26.4 Å². The Labute approximate surface area is 189 Å². The number of hydrogen-bond donors (Lipinski definition) is 2. The molecule has 0 amide bonds. The highest BCUT2D eigenvalue weighted by molar-refractivity contribution is 6.30. The molecule has 2 aliphatic rings. The van der Waals surface area contributed by atoms with Crippen molar-refractivity contribution in [2.45, 2.75) is 29.6 Å². The molecule has 1 aliphatic carbocycles. The van der Waals surface area contributed by atoms with Gasteiger partial charge in [0.25, 0.3) is 0 Å². The topological polar surface area (TPSA) is 68.2 Å². The molecule has 5 rings (SSSR count). The second-order valence-electron chi connectivity index (χ2n) is 8.17. The van der Waals surface area contributed by atoms with E-state index in [0.29, 0.717) is 39.0 Å². The third-order valence-electron chi connectivity index (χ3n) is 6.67. The van der Waals surface area contributed by atoms with Gasteiger partial charge in [-0.25, -0.2) is 4.39 Å². The molecule has 0 spiro atoms. The lowest BCUT2D eigenvalue weighted by molar-refractivity contribution is -0.150. The van der Waals surface area contributed by atoms with Crippen LogP contribution in [-0.4, -0.2) is 30.5 Å². The second-order valence-corrected chi connectivity index (χ2v) is 8.61. The third kappa shape index (κ3) is 2.70. The van der Waals surface area contributed by atoms with Crippen LogP contribution in [0.25, 0.3) is 0 Å². The molecule has 0 saturated heterocycles. The summed E-state index contributed by atoms with van der Waals surface area (Å²) in [4.78, 5) is 0. The largest absolute Gasteiger partial charge is 0.496 e. The van der Waals surface area contributed by atoms with Gasteiger partial charge in [-0.1, -0.05) is 35.9 Å². The highest BCUT2D eigenvalue weighted by Crippen LogP contribution is 2.68. The van der Waals surface area contributed by atoms with Crippen LogP contribution in [0, 0.1) is 5.82 Å². The first-order valence-electron chi connectivity index (χ1n) is 10.2. The van der Waals surface area contributed by atoms with Gasteiger partial charge in [-0.2, -0.15) is 0 Å². The van der Waals surface area contributed by atoms with Gasteiger partial charge in [0, 0.05) is 23.1 Å². The first kappa shape index (κ1) is 21.1. The van der Waals surface area contributed by atoms with Gasteiger partial charge in [-0.05, 0) is 41.8 Å². The van der Waals surface area contributed by atoms with Gasteiger partial charge >= 0.3 is 0 Å². The Kier molecular flexibility index (Phi) is 4.85. The van der Waals surface area contributed by atoms with E-state index in [9.17, 15) is 14.6 Å². The number of aliphatic hydroxyl groups excluding tert-OH is 1. The first-order valence-corrected chi connectivity index (χ1v) is 10.6. The van der Waals surface area contributed by atoms with Gasteiger partial charge in [-0.15, -0.1) is 0 Å². The second kappa shape index (κ2) is 7.37. The van der Waals surface area contributed by atoms with Crippen molar-refractivity contribution in [3.63, 3.8) is 0 Å². The van der Waals surface area contributed by atoms with Gasteiger partial charge in [0.1, 0.15) is 23.1 Å². The Morgan fingerprint density at radius 1 is 1.06 bits per heavy atom. The Hall–Kier alpha value is -2.80. The summed E-state index contributed by atoms with van der Waals surface area (Å²) in [6, 6.07) is 16.3. The van der Waals surface area contributed by atoms with Gasteiger partial charge in [0.2, 0.25) is 0 Å². The molecule has 2 N–H and O–H groups in total. The molecule has 0 aromatic heterocycles. The lowest BCUT2D eigenvalue weighted by Gasteiger charge is -2.40. The lowest BCUT2D eigenvalue weighted by atomic mass is 9.71. The van der Waals surface area contributed by atoms with Gasteiger partial charge in [0.15, 0.2) is 11.2 Å². The average molecular weight is 457 g/mol. The van der Waals surface area contributed by atoms with Crippen LogP contribution in [0.1, 0.15) is 29.0 Å². The molecule has 0 bridgehead atoms. The Morgan fingerprint density at radius 2 is 1.81 bits per heavy atom. The van der Waals surface area contributed by atoms with E-state index < -0.39 is 29.0 Å². The van der Waals surface area contributed by atoms with Crippen molar-refractivity contribution in [3.05, 3.63) is 88.2 Å². The zero-order valence-electron chi connectivity index (χ0n) is 17.5. The lowest BCUT2D eigenvalue weighted by Crippen LogP contribution is -2.52. The van der Waals surface area contributed by atoms with E-state index in [4.69, 9.17) is 25.8 Å². The summed E-state index contributed by atoms with van der Waals surface area (Å²) in [5.74, 6) is 0.165. The van der Waals surface area contributed by atoms with Crippen LogP contribution in [-0.2, 0) is 11.2 Å². The van der Waals surface area contributed by atoms with Crippen molar-refractivity contribution in [2.24, 2.45) is 0 Å². The zero-order chi connectivity index (χ0) is 22.7. The summed E-state index contributed by atoms with van der Waals surface area (Å²) in [7, 11) is 3.00. The summed E-state index contributed by atoms with van der Waals surface area (Å²) in [6.45, 7) is 0. The fourth-order valence-electron chi connectivity index (χ4n) is 5.32. The molecule has 1 saturated carbocycles. The number of aliphatic hydroxyl groups is 2. The molecule has 7 heteroatoms. The molecule has 3 aromatic carbocycles. The van der Waals surface area contributed by atoms with Gasteiger partial charge in [-0.3, -0.25) is 0 Å². The van der Waals surface area contributed by atoms with E-state index in [2.05, 4.69) is 0 Å². The van der Waals surface area contributed by atoms with Crippen LogP contribution < -0.4 is 14.2 Å². The number of fused-ring (bicyclic) bond motifs is 3. The standard InChI is InChI=1S/C25H22ClFO5/c1-30-18-11-20(31-2)23-21(12-18)32-25(15-6-8-16(26)9-7-15)19(13-22(28)24(23,25)29)14-4-3-5-17(27)10-14/h3-12,19,22,28-29H,13H2,1-2H3. The van der Waals surface area contributed by atoms with E-state index in [1.54, 1.807) is 48.5 Å².